The highest BCUT2D eigenvalue weighted by molar-refractivity contribution is 5.78. The van der Waals surface area contributed by atoms with Gasteiger partial charge < -0.3 is 9.84 Å². The van der Waals surface area contributed by atoms with Crippen LogP contribution < -0.4 is 5.32 Å². The molecule has 82 valence electrons. The van der Waals surface area contributed by atoms with Crippen molar-refractivity contribution >= 4 is 5.91 Å². The van der Waals surface area contributed by atoms with Gasteiger partial charge in [0.2, 0.25) is 5.91 Å². The summed E-state index contributed by atoms with van der Waals surface area (Å²) in [5.41, 5.74) is 1.87. The summed E-state index contributed by atoms with van der Waals surface area (Å²) in [5, 5.41) is 6.37. The molecular formula is C12H12N2O2. The topological polar surface area (TPSA) is 55.1 Å². The predicted molar refractivity (Wildman–Crippen MR) is 58.5 cm³/mol. The van der Waals surface area contributed by atoms with Crippen molar-refractivity contribution in [2.75, 3.05) is 0 Å². The largest absolute Gasteiger partial charge is 0.364 e. The Morgan fingerprint density at radius 3 is 2.75 bits per heavy atom. The van der Waals surface area contributed by atoms with E-state index in [9.17, 15) is 4.79 Å². The maximum absolute atomic E-state index is 11.5. The van der Waals surface area contributed by atoms with Crippen molar-refractivity contribution in [1.29, 1.82) is 0 Å². The maximum atomic E-state index is 11.5. The summed E-state index contributed by atoms with van der Waals surface area (Å²) >= 11 is 0. The van der Waals surface area contributed by atoms with Crippen molar-refractivity contribution in [2.24, 2.45) is 0 Å². The molecule has 0 fully saturated rings. The molecule has 0 atom stereocenters. The van der Waals surface area contributed by atoms with Crippen LogP contribution in [0.3, 0.4) is 0 Å². The molecule has 1 heterocycles. The minimum absolute atomic E-state index is 0.0351. The molecule has 4 heteroatoms. The Kier molecular flexibility index (Phi) is 3.33. The molecule has 0 saturated carbocycles. The molecule has 1 aromatic carbocycles. The summed E-state index contributed by atoms with van der Waals surface area (Å²) in [7, 11) is 0. The van der Waals surface area contributed by atoms with E-state index in [1.165, 1.54) is 6.26 Å². The Morgan fingerprint density at radius 2 is 2.06 bits per heavy atom. The van der Waals surface area contributed by atoms with E-state index in [4.69, 9.17) is 0 Å². The van der Waals surface area contributed by atoms with Crippen LogP contribution in [-0.4, -0.2) is 11.1 Å². The lowest BCUT2D eigenvalue weighted by Gasteiger charge is -2.03. The van der Waals surface area contributed by atoms with E-state index < -0.39 is 0 Å². The van der Waals surface area contributed by atoms with E-state index in [1.807, 2.05) is 30.3 Å². The van der Waals surface area contributed by atoms with Crippen LogP contribution in [0, 0.1) is 0 Å². The highest BCUT2D eigenvalue weighted by Gasteiger charge is 2.04. The summed E-state index contributed by atoms with van der Waals surface area (Å²) in [6.07, 6.45) is 3.32. The number of aromatic nitrogens is 1. The van der Waals surface area contributed by atoms with Crippen molar-refractivity contribution < 1.29 is 9.32 Å². The number of nitrogens with zero attached hydrogens (tertiary/aromatic N) is 1. The van der Waals surface area contributed by atoms with E-state index >= 15 is 0 Å². The normalized spacial score (nSPS) is 10.0. The molecule has 2 rings (SSSR count). The number of nitrogens with one attached hydrogen (secondary N) is 1. The Labute approximate surface area is 93.3 Å². The molecule has 0 saturated heterocycles. The van der Waals surface area contributed by atoms with Crippen molar-refractivity contribution in [3.05, 3.63) is 53.9 Å². The fourth-order valence-corrected chi connectivity index (χ4v) is 1.36. The van der Waals surface area contributed by atoms with Gasteiger partial charge in [-0.2, -0.15) is 0 Å². The Morgan fingerprint density at radius 1 is 1.25 bits per heavy atom. The fraction of sp³-hybridized carbons (Fsp3) is 0.167. The van der Waals surface area contributed by atoms with Gasteiger partial charge in [-0.05, 0) is 5.56 Å². The maximum Gasteiger partial charge on any atom is 0.224 e. The highest BCUT2D eigenvalue weighted by atomic mass is 16.5. The van der Waals surface area contributed by atoms with Crippen LogP contribution in [0.4, 0.5) is 0 Å². The number of hydrogen-bond donors (Lipinski definition) is 1. The van der Waals surface area contributed by atoms with Gasteiger partial charge >= 0.3 is 0 Å². The summed E-state index contributed by atoms with van der Waals surface area (Å²) < 4.78 is 4.65. The first-order valence-corrected chi connectivity index (χ1v) is 5.03. The lowest BCUT2D eigenvalue weighted by Crippen LogP contribution is -2.24. The molecule has 1 aromatic heterocycles. The van der Waals surface area contributed by atoms with Crippen LogP contribution in [0.25, 0.3) is 0 Å². The zero-order valence-electron chi connectivity index (χ0n) is 8.72. The van der Waals surface area contributed by atoms with Gasteiger partial charge in [0.25, 0.3) is 0 Å². The quantitative estimate of drug-likeness (QED) is 0.843. The first-order chi connectivity index (χ1) is 7.84. The molecule has 0 aliphatic rings. The SMILES string of the molecule is O=C(Cc1cnoc1)NCc1ccccc1. The first kappa shape index (κ1) is 10.4. The number of amides is 1. The second-order valence-corrected chi connectivity index (χ2v) is 3.47. The number of benzene rings is 1. The fourth-order valence-electron chi connectivity index (χ4n) is 1.36. The molecular weight excluding hydrogens is 204 g/mol. The van der Waals surface area contributed by atoms with Gasteiger partial charge in [-0.3, -0.25) is 4.79 Å². The molecule has 0 aliphatic heterocycles. The average molecular weight is 216 g/mol. The third-order valence-electron chi connectivity index (χ3n) is 2.18. The van der Waals surface area contributed by atoms with Gasteiger partial charge in [-0.1, -0.05) is 35.5 Å². The summed E-state index contributed by atoms with van der Waals surface area (Å²) in [4.78, 5) is 11.5. The molecule has 0 aliphatic carbocycles. The second-order valence-electron chi connectivity index (χ2n) is 3.47. The van der Waals surface area contributed by atoms with Gasteiger partial charge in [0.1, 0.15) is 6.26 Å². The smallest absolute Gasteiger partial charge is 0.224 e. The van der Waals surface area contributed by atoms with Crippen LogP contribution in [0.5, 0.6) is 0 Å². The molecule has 1 amide bonds. The summed E-state index contributed by atoms with van der Waals surface area (Å²) in [6, 6.07) is 9.78. The van der Waals surface area contributed by atoms with Crippen molar-refractivity contribution in [2.45, 2.75) is 13.0 Å². The molecule has 0 spiro atoms. The standard InChI is InChI=1S/C12H12N2O2/c15-12(6-11-8-14-16-9-11)13-7-10-4-2-1-3-5-10/h1-5,8-9H,6-7H2,(H,13,15). The summed E-state index contributed by atoms with van der Waals surface area (Å²) in [6.45, 7) is 0.547. The minimum atomic E-state index is -0.0351. The zero-order valence-corrected chi connectivity index (χ0v) is 8.72. The molecule has 2 aromatic rings. The lowest BCUT2D eigenvalue weighted by atomic mass is 10.2. The Bertz CT molecular complexity index is 437. The van der Waals surface area contributed by atoms with Crippen molar-refractivity contribution in [3.8, 4) is 0 Å². The highest BCUT2D eigenvalue weighted by Crippen LogP contribution is 2.00. The van der Waals surface area contributed by atoms with Crippen LogP contribution in [0.15, 0.2) is 47.3 Å². The predicted octanol–water partition coefficient (Wildman–Crippen LogP) is 1.53. The first-order valence-electron chi connectivity index (χ1n) is 5.03. The molecule has 4 nitrogen and oxygen atoms in total. The van der Waals surface area contributed by atoms with Crippen molar-refractivity contribution in [3.63, 3.8) is 0 Å². The molecule has 16 heavy (non-hydrogen) atoms. The molecule has 0 radical (unpaired) electrons. The number of carbonyl (C=O) groups excluding carboxylic acids is 1. The van der Waals surface area contributed by atoms with Gasteiger partial charge in [-0.15, -0.1) is 0 Å². The monoisotopic (exact) mass is 216 g/mol. The van der Waals surface area contributed by atoms with Crippen LogP contribution in [0.2, 0.25) is 0 Å². The van der Waals surface area contributed by atoms with Gasteiger partial charge in [-0.25, -0.2) is 0 Å². The summed E-state index contributed by atoms with van der Waals surface area (Å²) in [5.74, 6) is -0.0351. The molecule has 1 N–H and O–H groups in total. The second kappa shape index (κ2) is 5.11. The van der Waals surface area contributed by atoms with E-state index in [0.29, 0.717) is 13.0 Å². The van der Waals surface area contributed by atoms with E-state index in [0.717, 1.165) is 11.1 Å². The van der Waals surface area contributed by atoms with Crippen LogP contribution in [-0.2, 0) is 17.8 Å². The molecule has 0 unspecified atom stereocenters. The zero-order chi connectivity index (χ0) is 11.2. The van der Waals surface area contributed by atoms with Crippen molar-refractivity contribution in [1.82, 2.24) is 10.5 Å². The number of carbonyl (C=O) groups is 1. The third kappa shape index (κ3) is 2.95. The van der Waals surface area contributed by atoms with E-state index in [1.54, 1.807) is 6.20 Å². The lowest BCUT2D eigenvalue weighted by molar-refractivity contribution is -0.120. The molecule has 0 bridgehead atoms. The van der Waals surface area contributed by atoms with Gasteiger partial charge in [0, 0.05) is 12.1 Å². The average Bonchev–Trinajstić information content (AvgIpc) is 2.81. The van der Waals surface area contributed by atoms with Crippen LogP contribution >= 0.6 is 0 Å². The Hall–Kier alpha value is -2.10. The Balaban J connectivity index is 1.80. The minimum Gasteiger partial charge on any atom is -0.364 e. The number of hydrogen-bond acceptors (Lipinski definition) is 3. The van der Waals surface area contributed by atoms with Gasteiger partial charge in [0.15, 0.2) is 0 Å². The van der Waals surface area contributed by atoms with Gasteiger partial charge in [0.05, 0.1) is 12.6 Å². The van der Waals surface area contributed by atoms with Crippen LogP contribution in [0.1, 0.15) is 11.1 Å². The van der Waals surface area contributed by atoms with E-state index in [2.05, 4.69) is 15.0 Å². The number of rotatable bonds is 4. The third-order valence-corrected chi connectivity index (χ3v) is 2.18. The van der Waals surface area contributed by atoms with E-state index in [-0.39, 0.29) is 5.91 Å².